The molecule has 8 heteroatoms. The first kappa shape index (κ1) is 14.4. The lowest BCUT2D eigenvalue weighted by Crippen LogP contribution is -2.52. The molecule has 1 aromatic heterocycles. The third kappa shape index (κ3) is 3.17. The van der Waals surface area contributed by atoms with Crippen LogP contribution in [0, 0.1) is 0 Å². The Balaban J connectivity index is 3.03. The maximum atomic E-state index is 12.0. The van der Waals surface area contributed by atoms with Crippen LogP contribution in [-0.2, 0) is 14.8 Å². The molecule has 0 aliphatic rings. The number of anilines is 1. The van der Waals surface area contributed by atoms with Gasteiger partial charge in [-0.3, -0.25) is 4.79 Å². The molecule has 1 aromatic rings. The smallest absolute Gasteiger partial charge is 0.243 e. The normalized spacial score (nSPS) is 12.2. The topological polar surface area (TPSA) is 114 Å². The number of nitrogens with two attached hydrogens (primary N) is 1. The minimum atomic E-state index is -3.83. The molecule has 0 saturated carbocycles. The summed E-state index contributed by atoms with van der Waals surface area (Å²) in [5, 5.41) is 2.77. The minimum Gasteiger partial charge on any atom is -0.373 e. The van der Waals surface area contributed by atoms with Gasteiger partial charge in [-0.1, -0.05) is 0 Å². The summed E-state index contributed by atoms with van der Waals surface area (Å²) in [6.45, 7) is 2.78. The monoisotopic (exact) mass is 272 g/mol. The first-order valence-corrected chi connectivity index (χ1v) is 6.65. The Morgan fingerprint density at radius 3 is 2.39 bits per heavy atom. The van der Waals surface area contributed by atoms with Crippen molar-refractivity contribution in [1.82, 2.24) is 9.71 Å². The van der Waals surface area contributed by atoms with E-state index in [1.165, 1.54) is 32.2 Å². The molecule has 100 valence electrons. The SMILES string of the molecule is CNc1ccc(S(=O)(=O)NC(C)(C)C(N)=O)cn1. The predicted octanol–water partition coefficient (Wildman–Crippen LogP) is -0.334. The molecular weight excluding hydrogens is 256 g/mol. The Morgan fingerprint density at radius 2 is 2.00 bits per heavy atom. The summed E-state index contributed by atoms with van der Waals surface area (Å²) in [5.41, 5.74) is 3.75. The van der Waals surface area contributed by atoms with E-state index in [0.717, 1.165) is 0 Å². The number of carbonyl (C=O) groups is 1. The molecule has 1 amide bonds. The van der Waals surface area contributed by atoms with Gasteiger partial charge >= 0.3 is 0 Å². The molecule has 18 heavy (non-hydrogen) atoms. The zero-order valence-electron chi connectivity index (χ0n) is 10.4. The van der Waals surface area contributed by atoms with Gasteiger partial charge in [0.1, 0.15) is 16.3 Å². The van der Waals surface area contributed by atoms with Gasteiger partial charge in [-0.2, -0.15) is 4.72 Å². The fourth-order valence-electron chi connectivity index (χ4n) is 1.13. The first-order chi connectivity index (χ1) is 8.19. The summed E-state index contributed by atoms with van der Waals surface area (Å²) in [6, 6.07) is 2.91. The van der Waals surface area contributed by atoms with Gasteiger partial charge in [0.05, 0.1) is 0 Å². The largest absolute Gasteiger partial charge is 0.373 e. The summed E-state index contributed by atoms with van der Waals surface area (Å²) in [6.07, 6.45) is 1.20. The van der Waals surface area contributed by atoms with Crippen molar-refractivity contribution in [1.29, 1.82) is 0 Å². The molecule has 1 rings (SSSR count). The second-order valence-electron chi connectivity index (χ2n) is 4.22. The van der Waals surface area contributed by atoms with E-state index < -0.39 is 21.5 Å². The molecule has 4 N–H and O–H groups in total. The van der Waals surface area contributed by atoms with Gasteiger partial charge in [0.25, 0.3) is 0 Å². The number of nitrogens with zero attached hydrogens (tertiary/aromatic N) is 1. The van der Waals surface area contributed by atoms with Crippen LogP contribution in [0.1, 0.15) is 13.8 Å². The van der Waals surface area contributed by atoms with E-state index in [1.54, 1.807) is 7.05 Å². The van der Waals surface area contributed by atoms with Gasteiger partial charge in [-0.25, -0.2) is 13.4 Å². The highest BCUT2D eigenvalue weighted by Gasteiger charge is 2.31. The highest BCUT2D eigenvalue weighted by Crippen LogP contribution is 2.13. The van der Waals surface area contributed by atoms with Crippen molar-refractivity contribution in [2.45, 2.75) is 24.3 Å². The molecule has 0 aliphatic heterocycles. The quantitative estimate of drug-likeness (QED) is 0.678. The van der Waals surface area contributed by atoms with E-state index in [0.29, 0.717) is 5.82 Å². The molecule has 0 aromatic carbocycles. The van der Waals surface area contributed by atoms with Crippen molar-refractivity contribution in [2.75, 3.05) is 12.4 Å². The number of hydrogen-bond acceptors (Lipinski definition) is 5. The molecule has 0 atom stereocenters. The molecule has 0 radical (unpaired) electrons. The van der Waals surface area contributed by atoms with Gasteiger partial charge < -0.3 is 11.1 Å². The number of primary amides is 1. The number of sulfonamides is 1. The van der Waals surface area contributed by atoms with Crippen LogP contribution in [0.5, 0.6) is 0 Å². The fourth-order valence-corrected chi connectivity index (χ4v) is 2.46. The van der Waals surface area contributed by atoms with Crippen molar-refractivity contribution in [3.8, 4) is 0 Å². The van der Waals surface area contributed by atoms with E-state index in [1.807, 2.05) is 0 Å². The van der Waals surface area contributed by atoms with E-state index in [2.05, 4.69) is 15.0 Å². The average Bonchev–Trinajstić information content (AvgIpc) is 2.27. The van der Waals surface area contributed by atoms with Crippen LogP contribution in [0.25, 0.3) is 0 Å². The summed E-state index contributed by atoms with van der Waals surface area (Å²) in [4.78, 5) is 15.0. The molecule has 0 aliphatic carbocycles. The number of nitrogens with one attached hydrogen (secondary N) is 2. The molecule has 7 nitrogen and oxygen atoms in total. The molecule has 0 spiro atoms. The van der Waals surface area contributed by atoms with Crippen molar-refractivity contribution in [3.63, 3.8) is 0 Å². The summed E-state index contributed by atoms with van der Waals surface area (Å²) in [7, 11) is -2.16. The Labute approximate surface area is 106 Å². The summed E-state index contributed by atoms with van der Waals surface area (Å²) in [5.74, 6) is -0.214. The number of amides is 1. The zero-order valence-corrected chi connectivity index (χ0v) is 11.2. The number of aromatic nitrogens is 1. The van der Waals surface area contributed by atoms with Crippen LogP contribution >= 0.6 is 0 Å². The van der Waals surface area contributed by atoms with Crippen LogP contribution in [0.3, 0.4) is 0 Å². The van der Waals surface area contributed by atoms with Gasteiger partial charge in [0.15, 0.2) is 0 Å². The molecule has 0 unspecified atom stereocenters. The Bertz CT molecular complexity index is 537. The second-order valence-corrected chi connectivity index (χ2v) is 5.91. The van der Waals surface area contributed by atoms with Crippen LogP contribution in [0.4, 0.5) is 5.82 Å². The van der Waals surface area contributed by atoms with Gasteiger partial charge in [0.2, 0.25) is 15.9 Å². The third-order valence-corrected chi connectivity index (χ3v) is 3.95. The maximum absolute atomic E-state index is 12.0. The van der Waals surface area contributed by atoms with Crippen molar-refractivity contribution in [3.05, 3.63) is 18.3 Å². The lowest BCUT2D eigenvalue weighted by Gasteiger charge is -2.21. The Morgan fingerprint density at radius 1 is 1.39 bits per heavy atom. The Kier molecular flexibility index (Phi) is 3.92. The number of rotatable bonds is 5. The fraction of sp³-hybridized carbons (Fsp3) is 0.400. The first-order valence-electron chi connectivity index (χ1n) is 5.17. The van der Waals surface area contributed by atoms with Crippen molar-refractivity contribution >= 4 is 21.7 Å². The van der Waals surface area contributed by atoms with E-state index >= 15 is 0 Å². The lowest BCUT2D eigenvalue weighted by atomic mass is 10.1. The van der Waals surface area contributed by atoms with Crippen molar-refractivity contribution < 1.29 is 13.2 Å². The zero-order chi connectivity index (χ0) is 14.0. The number of pyridine rings is 1. The molecule has 1 heterocycles. The van der Waals surface area contributed by atoms with E-state index in [4.69, 9.17) is 5.73 Å². The van der Waals surface area contributed by atoms with E-state index in [9.17, 15) is 13.2 Å². The van der Waals surface area contributed by atoms with Gasteiger partial charge in [0, 0.05) is 13.2 Å². The van der Waals surface area contributed by atoms with Crippen molar-refractivity contribution in [2.24, 2.45) is 5.73 Å². The molecular formula is C10H16N4O3S. The highest BCUT2D eigenvalue weighted by molar-refractivity contribution is 7.89. The number of carbonyl (C=O) groups excluding carboxylic acids is 1. The van der Waals surface area contributed by atoms with Gasteiger partial charge in [-0.15, -0.1) is 0 Å². The average molecular weight is 272 g/mol. The molecule has 0 bridgehead atoms. The van der Waals surface area contributed by atoms with Gasteiger partial charge in [-0.05, 0) is 26.0 Å². The second kappa shape index (κ2) is 4.91. The van der Waals surface area contributed by atoms with Crippen LogP contribution in [0.2, 0.25) is 0 Å². The summed E-state index contributed by atoms with van der Waals surface area (Å²) < 4.78 is 26.2. The van der Waals surface area contributed by atoms with Crippen LogP contribution in [-0.4, -0.2) is 31.9 Å². The standard InChI is InChI=1S/C10H16N4O3S/c1-10(2,9(11)15)14-18(16,17)7-4-5-8(12-3)13-6-7/h4-6,14H,1-3H3,(H2,11,15)(H,12,13). The molecule has 0 fully saturated rings. The Hall–Kier alpha value is -1.67. The highest BCUT2D eigenvalue weighted by atomic mass is 32.2. The predicted molar refractivity (Wildman–Crippen MR) is 67.4 cm³/mol. The maximum Gasteiger partial charge on any atom is 0.243 e. The summed E-state index contributed by atoms with van der Waals surface area (Å²) >= 11 is 0. The lowest BCUT2D eigenvalue weighted by molar-refractivity contribution is -0.122. The number of hydrogen-bond donors (Lipinski definition) is 3. The molecule has 0 saturated heterocycles. The van der Waals surface area contributed by atoms with Crippen LogP contribution in [0.15, 0.2) is 23.2 Å². The van der Waals surface area contributed by atoms with E-state index in [-0.39, 0.29) is 4.90 Å². The minimum absolute atomic E-state index is 0.0316. The third-order valence-electron chi connectivity index (χ3n) is 2.31. The van der Waals surface area contributed by atoms with Crippen LogP contribution < -0.4 is 15.8 Å².